The van der Waals surface area contributed by atoms with Gasteiger partial charge in [0.25, 0.3) is 5.91 Å². The Balaban J connectivity index is 1.46. The SMILES string of the molecule is CC[C@@]1(c2ccc(F)cc2)NC(=O)N(CC(=O)N2CC=C(c3ccccc3)CC2)C1=O. The lowest BCUT2D eigenvalue weighted by Crippen LogP contribution is -2.46. The van der Waals surface area contributed by atoms with Gasteiger partial charge in [0.1, 0.15) is 17.9 Å². The summed E-state index contributed by atoms with van der Waals surface area (Å²) in [6.07, 6.45) is 3.02. The van der Waals surface area contributed by atoms with Crippen LogP contribution in [0.1, 0.15) is 30.9 Å². The van der Waals surface area contributed by atoms with E-state index in [1.807, 2.05) is 36.4 Å². The van der Waals surface area contributed by atoms with Crippen LogP contribution in [0.3, 0.4) is 0 Å². The van der Waals surface area contributed by atoms with Crippen molar-refractivity contribution in [2.45, 2.75) is 25.3 Å². The van der Waals surface area contributed by atoms with E-state index in [9.17, 15) is 18.8 Å². The monoisotopic (exact) mass is 421 g/mol. The van der Waals surface area contributed by atoms with E-state index in [0.717, 1.165) is 10.5 Å². The van der Waals surface area contributed by atoms with Crippen molar-refractivity contribution in [1.82, 2.24) is 15.1 Å². The van der Waals surface area contributed by atoms with Crippen molar-refractivity contribution in [1.29, 1.82) is 0 Å². The predicted molar refractivity (Wildman–Crippen MR) is 114 cm³/mol. The maximum Gasteiger partial charge on any atom is 0.325 e. The molecular weight excluding hydrogens is 397 g/mol. The van der Waals surface area contributed by atoms with Gasteiger partial charge in [-0.3, -0.25) is 14.5 Å². The van der Waals surface area contributed by atoms with E-state index >= 15 is 0 Å². The van der Waals surface area contributed by atoms with Crippen LogP contribution in [0.4, 0.5) is 9.18 Å². The summed E-state index contributed by atoms with van der Waals surface area (Å²) < 4.78 is 13.3. The lowest BCUT2D eigenvalue weighted by Gasteiger charge is -2.28. The second-order valence-electron chi connectivity index (χ2n) is 7.77. The first-order valence-corrected chi connectivity index (χ1v) is 10.4. The molecule has 1 N–H and O–H groups in total. The van der Waals surface area contributed by atoms with Crippen LogP contribution in [0, 0.1) is 5.82 Å². The molecular formula is C24H24FN3O3. The third-order valence-electron chi connectivity index (χ3n) is 6.04. The lowest BCUT2D eigenvalue weighted by atomic mass is 9.87. The number of hydrogen-bond donors (Lipinski definition) is 1. The van der Waals surface area contributed by atoms with Gasteiger partial charge in [-0.1, -0.05) is 55.5 Å². The first-order valence-electron chi connectivity index (χ1n) is 10.4. The number of nitrogens with one attached hydrogen (secondary N) is 1. The number of urea groups is 1. The molecule has 160 valence electrons. The molecule has 1 fully saturated rings. The van der Waals surface area contributed by atoms with Crippen LogP contribution in [0.5, 0.6) is 0 Å². The summed E-state index contributed by atoms with van der Waals surface area (Å²) in [6, 6.07) is 14.9. The van der Waals surface area contributed by atoms with E-state index in [1.54, 1.807) is 11.8 Å². The summed E-state index contributed by atoms with van der Waals surface area (Å²) in [5.41, 5.74) is 1.53. The van der Waals surface area contributed by atoms with Gasteiger partial charge in [0.2, 0.25) is 5.91 Å². The molecule has 2 aromatic rings. The van der Waals surface area contributed by atoms with Crippen LogP contribution in [-0.2, 0) is 15.1 Å². The number of halogens is 1. The fourth-order valence-corrected chi connectivity index (χ4v) is 4.19. The van der Waals surface area contributed by atoms with Gasteiger partial charge < -0.3 is 10.2 Å². The quantitative estimate of drug-likeness (QED) is 0.754. The van der Waals surface area contributed by atoms with Gasteiger partial charge in [-0.15, -0.1) is 0 Å². The van der Waals surface area contributed by atoms with Gasteiger partial charge in [-0.25, -0.2) is 9.18 Å². The van der Waals surface area contributed by atoms with Crippen LogP contribution >= 0.6 is 0 Å². The van der Waals surface area contributed by atoms with Crippen LogP contribution in [0.2, 0.25) is 0 Å². The molecule has 0 spiro atoms. The fraction of sp³-hybridized carbons (Fsp3) is 0.292. The zero-order valence-corrected chi connectivity index (χ0v) is 17.3. The van der Waals surface area contributed by atoms with Crippen LogP contribution in [0.15, 0.2) is 60.7 Å². The number of imide groups is 1. The van der Waals surface area contributed by atoms with Gasteiger partial charge in [0, 0.05) is 13.1 Å². The van der Waals surface area contributed by atoms with Gasteiger partial charge in [-0.05, 0) is 41.7 Å². The maximum atomic E-state index is 13.3. The summed E-state index contributed by atoms with van der Waals surface area (Å²) in [7, 11) is 0. The molecule has 7 heteroatoms. The van der Waals surface area contributed by atoms with Crippen LogP contribution in [-0.4, -0.2) is 47.3 Å². The largest absolute Gasteiger partial charge is 0.337 e. The summed E-state index contributed by atoms with van der Waals surface area (Å²) in [5, 5.41) is 2.72. The molecule has 0 bridgehead atoms. The normalized spacial score (nSPS) is 21.2. The molecule has 0 saturated carbocycles. The van der Waals surface area contributed by atoms with Gasteiger partial charge in [0.05, 0.1) is 0 Å². The van der Waals surface area contributed by atoms with Crippen molar-refractivity contribution < 1.29 is 18.8 Å². The molecule has 2 heterocycles. The molecule has 2 aliphatic heterocycles. The molecule has 31 heavy (non-hydrogen) atoms. The third-order valence-corrected chi connectivity index (χ3v) is 6.04. The highest BCUT2D eigenvalue weighted by Gasteiger charge is 2.51. The average Bonchev–Trinajstić information content (AvgIpc) is 3.05. The van der Waals surface area contributed by atoms with E-state index in [1.165, 1.54) is 29.8 Å². The first kappa shape index (κ1) is 20.8. The summed E-state index contributed by atoms with van der Waals surface area (Å²) in [6.45, 7) is 2.42. The Morgan fingerprint density at radius 2 is 1.81 bits per heavy atom. The molecule has 0 unspecified atom stereocenters. The second-order valence-corrected chi connectivity index (χ2v) is 7.77. The van der Waals surface area contributed by atoms with Gasteiger partial charge in [0.15, 0.2) is 0 Å². The van der Waals surface area contributed by atoms with E-state index in [4.69, 9.17) is 0 Å². The Morgan fingerprint density at radius 3 is 2.42 bits per heavy atom. The number of carbonyl (C=O) groups excluding carboxylic acids is 3. The maximum absolute atomic E-state index is 13.3. The molecule has 2 aromatic carbocycles. The molecule has 0 aromatic heterocycles. The molecule has 4 rings (SSSR count). The molecule has 4 amide bonds. The molecule has 2 aliphatic rings. The lowest BCUT2D eigenvalue weighted by molar-refractivity contribution is -0.139. The van der Waals surface area contributed by atoms with Crippen molar-refractivity contribution in [2.24, 2.45) is 0 Å². The minimum absolute atomic E-state index is 0.280. The average molecular weight is 421 g/mol. The van der Waals surface area contributed by atoms with Crippen molar-refractivity contribution in [2.75, 3.05) is 19.6 Å². The van der Waals surface area contributed by atoms with Crippen LogP contribution < -0.4 is 5.32 Å². The first-order chi connectivity index (χ1) is 14.9. The number of benzene rings is 2. The molecule has 6 nitrogen and oxygen atoms in total. The van der Waals surface area contributed by atoms with Gasteiger partial charge >= 0.3 is 6.03 Å². The van der Waals surface area contributed by atoms with Crippen molar-refractivity contribution in [3.05, 3.63) is 77.6 Å². The topological polar surface area (TPSA) is 69.7 Å². The Labute approximate surface area is 180 Å². The minimum atomic E-state index is -1.28. The Hall–Kier alpha value is -3.48. The van der Waals surface area contributed by atoms with E-state index in [0.29, 0.717) is 31.5 Å². The predicted octanol–water partition coefficient (Wildman–Crippen LogP) is 3.30. The minimum Gasteiger partial charge on any atom is -0.337 e. The number of rotatable bonds is 5. The van der Waals surface area contributed by atoms with E-state index in [2.05, 4.69) is 5.32 Å². The standard InChI is InChI=1S/C24H24FN3O3/c1-2-24(19-8-10-20(25)11-9-19)22(30)28(23(31)26-24)16-21(29)27-14-12-18(13-15-27)17-6-4-3-5-7-17/h3-12H,2,13-16H2,1H3,(H,26,31)/t24-/m0/s1. The molecule has 0 radical (unpaired) electrons. The number of carbonyl (C=O) groups is 3. The van der Waals surface area contributed by atoms with Crippen molar-refractivity contribution in [3.8, 4) is 0 Å². The molecule has 1 saturated heterocycles. The smallest absolute Gasteiger partial charge is 0.325 e. The van der Waals surface area contributed by atoms with Crippen LogP contribution in [0.25, 0.3) is 5.57 Å². The highest BCUT2D eigenvalue weighted by Crippen LogP contribution is 2.32. The second kappa shape index (κ2) is 8.34. The highest BCUT2D eigenvalue weighted by molar-refractivity contribution is 6.09. The Kier molecular flexibility index (Phi) is 5.59. The Bertz CT molecular complexity index is 1040. The Morgan fingerprint density at radius 1 is 1.10 bits per heavy atom. The number of amides is 4. The summed E-state index contributed by atoms with van der Waals surface area (Å²) >= 11 is 0. The number of nitrogens with zero attached hydrogens (tertiary/aromatic N) is 2. The molecule has 1 atom stereocenters. The third kappa shape index (κ3) is 3.83. The van der Waals surface area contributed by atoms with E-state index < -0.39 is 23.3 Å². The fourth-order valence-electron chi connectivity index (χ4n) is 4.19. The van der Waals surface area contributed by atoms with Crippen molar-refractivity contribution in [3.63, 3.8) is 0 Å². The zero-order chi connectivity index (χ0) is 22.0. The zero-order valence-electron chi connectivity index (χ0n) is 17.3. The summed E-state index contributed by atoms with van der Waals surface area (Å²) in [4.78, 5) is 41.2. The highest BCUT2D eigenvalue weighted by atomic mass is 19.1. The van der Waals surface area contributed by atoms with Gasteiger partial charge in [-0.2, -0.15) is 0 Å². The molecule has 0 aliphatic carbocycles. The number of hydrogen-bond acceptors (Lipinski definition) is 3. The summed E-state index contributed by atoms with van der Waals surface area (Å²) in [5.74, 6) is -1.19. The van der Waals surface area contributed by atoms with Crippen molar-refractivity contribution >= 4 is 23.4 Å². The van der Waals surface area contributed by atoms with E-state index in [-0.39, 0.29) is 12.5 Å².